The molecule has 0 amide bonds. The number of aromatic nitrogens is 6. The quantitative estimate of drug-likeness (QED) is 0.628. The van der Waals surface area contributed by atoms with Gasteiger partial charge in [-0.2, -0.15) is 19.2 Å². The summed E-state index contributed by atoms with van der Waals surface area (Å²) in [4.78, 5) is 18.0. The van der Waals surface area contributed by atoms with Crippen LogP contribution in [0.2, 0.25) is 5.28 Å². The van der Waals surface area contributed by atoms with Gasteiger partial charge in [0.25, 0.3) is 0 Å². The fourth-order valence-corrected chi connectivity index (χ4v) is 0.941. The topological polar surface area (TPSA) is 78.5 Å². The minimum absolute atomic E-state index is 0.351. The van der Waals surface area contributed by atoms with Gasteiger partial charge in [0.1, 0.15) is 12.7 Å². The van der Waals surface area contributed by atoms with E-state index < -0.39 is 12.1 Å². The second kappa shape index (κ2) is 3.14. The first-order chi connectivity index (χ1) is 6.68. The molecule has 2 heterocycles. The van der Waals surface area contributed by atoms with Crippen molar-refractivity contribution in [1.29, 1.82) is 0 Å². The van der Waals surface area contributed by atoms with Crippen molar-refractivity contribution in [1.82, 2.24) is 29.5 Å². The summed E-state index contributed by atoms with van der Waals surface area (Å²) in [6, 6.07) is -0.848. The Morgan fingerprint density at radius 1 is 1.57 bits per heavy atom. The summed E-state index contributed by atoms with van der Waals surface area (Å²) in [5.74, 6) is 0. The second-order valence-electron chi connectivity index (χ2n) is 2.18. The summed E-state index contributed by atoms with van der Waals surface area (Å²) in [5, 5.41) is 6.47. The van der Waals surface area contributed by atoms with Crippen LogP contribution in [0, 0.1) is 6.08 Å². The maximum atomic E-state index is 12.9. The third-order valence-corrected chi connectivity index (χ3v) is 1.50. The average molecular weight is 217 g/mol. The molecule has 7 nitrogen and oxygen atoms in total. The average Bonchev–Trinajstić information content (AvgIpc) is 2.73. The summed E-state index contributed by atoms with van der Waals surface area (Å²) in [7, 11) is 0. The predicted octanol–water partition coefficient (Wildman–Crippen LogP) is 0.178. The molecule has 72 valence electrons. The Kier molecular flexibility index (Phi) is 1.97. The largest absolute Gasteiger partial charge is 0.374 e. The van der Waals surface area contributed by atoms with Crippen LogP contribution < -0.4 is 0 Å². The van der Waals surface area contributed by atoms with E-state index in [-0.39, 0.29) is 5.28 Å². The van der Waals surface area contributed by atoms with Crippen LogP contribution in [-0.2, 0) is 0 Å². The van der Waals surface area contributed by atoms with E-state index in [4.69, 9.17) is 11.6 Å². The summed E-state index contributed by atoms with van der Waals surface area (Å²) in [6.07, 6.45) is 1.14. The molecule has 0 aliphatic carbocycles. The zero-order valence-electron chi connectivity index (χ0n) is 6.50. The molecule has 0 fully saturated rings. The lowest BCUT2D eigenvalue weighted by Gasteiger charge is -1.96. The standard InChI is InChI=1S/C5H2ClFN6O/c6-3-10-4(7)13(11-3)5(14)12-2-8-1-9-12/h1-2H. The van der Waals surface area contributed by atoms with Gasteiger partial charge >= 0.3 is 12.1 Å². The van der Waals surface area contributed by atoms with E-state index in [1.807, 2.05) is 0 Å². The van der Waals surface area contributed by atoms with E-state index in [1.165, 1.54) is 0 Å². The summed E-state index contributed by atoms with van der Waals surface area (Å²) < 4.78 is 14.1. The van der Waals surface area contributed by atoms with Gasteiger partial charge in [0, 0.05) is 0 Å². The van der Waals surface area contributed by atoms with Crippen LogP contribution in [-0.4, -0.2) is 35.6 Å². The van der Waals surface area contributed by atoms with Crippen molar-refractivity contribution >= 4 is 17.6 Å². The molecule has 0 saturated carbocycles. The molecule has 0 aliphatic heterocycles. The molecule has 2 aromatic rings. The monoisotopic (exact) mass is 216 g/mol. The number of carbonyl (C=O) groups is 1. The lowest BCUT2D eigenvalue weighted by molar-refractivity contribution is 0.233. The molecule has 0 atom stereocenters. The molecule has 2 rings (SSSR count). The molecule has 0 saturated heterocycles. The molecular weight excluding hydrogens is 215 g/mol. The van der Waals surface area contributed by atoms with Crippen molar-refractivity contribution in [3.63, 3.8) is 0 Å². The van der Waals surface area contributed by atoms with Gasteiger partial charge in [-0.25, -0.2) is 9.78 Å². The molecule has 9 heteroatoms. The van der Waals surface area contributed by atoms with E-state index in [9.17, 15) is 9.18 Å². The normalized spacial score (nSPS) is 10.4. The summed E-state index contributed by atoms with van der Waals surface area (Å²) >= 11 is 5.29. The van der Waals surface area contributed by atoms with Crippen molar-refractivity contribution < 1.29 is 9.18 Å². The number of nitrogens with zero attached hydrogens (tertiary/aromatic N) is 6. The van der Waals surface area contributed by atoms with Crippen LogP contribution >= 0.6 is 11.6 Å². The predicted molar refractivity (Wildman–Crippen MR) is 41.2 cm³/mol. The van der Waals surface area contributed by atoms with Gasteiger partial charge in [0.2, 0.25) is 5.28 Å². The first-order valence-electron chi connectivity index (χ1n) is 3.36. The first kappa shape index (κ1) is 8.75. The van der Waals surface area contributed by atoms with E-state index in [0.717, 1.165) is 17.3 Å². The Labute approximate surface area is 81.1 Å². The lowest BCUT2D eigenvalue weighted by Crippen LogP contribution is -2.22. The van der Waals surface area contributed by atoms with Crippen LogP contribution in [0.15, 0.2) is 12.7 Å². The van der Waals surface area contributed by atoms with E-state index >= 15 is 0 Å². The van der Waals surface area contributed by atoms with Gasteiger partial charge in [-0.1, -0.05) is 0 Å². The highest BCUT2D eigenvalue weighted by Crippen LogP contribution is 2.02. The van der Waals surface area contributed by atoms with Crippen LogP contribution in [0.4, 0.5) is 9.18 Å². The maximum Gasteiger partial charge on any atom is 0.374 e. The van der Waals surface area contributed by atoms with Crippen molar-refractivity contribution in [3.8, 4) is 0 Å². The lowest BCUT2D eigenvalue weighted by atomic mass is 10.9. The Morgan fingerprint density at radius 2 is 2.36 bits per heavy atom. The van der Waals surface area contributed by atoms with Crippen LogP contribution in [0.5, 0.6) is 0 Å². The second-order valence-corrected chi connectivity index (χ2v) is 2.52. The van der Waals surface area contributed by atoms with Gasteiger partial charge < -0.3 is 0 Å². The fraction of sp³-hybridized carbons (Fsp3) is 0. The number of carbonyl (C=O) groups excluding carboxylic acids is 1. The molecule has 0 spiro atoms. The summed E-state index contributed by atoms with van der Waals surface area (Å²) in [6.45, 7) is 0. The smallest absolute Gasteiger partial charge is 0.243 e. The van der Waals surface area contributed by atoms with Crippen LogP contribution in [0.3, 0.4) is 0 Å². The first-order valence-corrected chi connectivity index (χ1v) is 3.73. The molecule has 0 aliphatic rings. The minimum Gasteiger partial charge on any atom is -0.243 e. The van der Waals surface area contributed by atoms with Gasteiger partial charge in [-0.05, 0) is 11.6 Å². The fourth-order valence-electron chi connectivity index (χ4n) is 0.795. The molecule has 0 aromatic carbocycles. The molecule has 2 aromatic heterocycles. The van der Waals surface area contributed by atoms with Crippen LogP contribution in [0.25, 0.3) is 0 Å². The third kappa shape index (κ3) is 1.35. The number of hydrogen-bond acceptors (Lipinski definition) is 5. The zero-order valence-corrected chi connectivity index (χ0v) is 7.26. The molecular formula is C5H2ClFN6O. The maximum absolute atomic E-state index is 12.9. The van der Waals surface area contributed by atoms with Crippen LogP contribution in [0.1, 0.15) is 0 Å². The van der Waals surface area contributed by atoms with Crippen molar-refractivity contribution in [3.05, 3.63) is 24.0 Å². The number of hydrogen-bond donors (Lipinski definition) is 0. The van der Waals surface area contributed by atoms with E-state index in [1.54, 1.807) is 0 Å². The van der Waals surface area contributed by atoms with Crippen molar-refractivity contribution in [2.45, 2.75) is 0 Å². The Morgan fingerprint density at radius 3 is 2.86 bits per heavy atom. The Hall–Kier alpha value is -1.83. The molecule has 0 radical (unpaired) electrons. The highest BCUT2D eigenvalue weighted by atomic mass is 35.5. The Balaban J connectivity index is 2.41. The molecule has 0 N–H and O–H groups in total. The van der Waals surface area contributed by atoms with Gasteiger partial charge in [-0.3, -0.25) is 0 Å². The van der Waals surface area contributed by atoms with Crippen molar-refractivity contribution in [2.75, 3.05) is 0 Å². The molecule has 0 unspecified atom stereocenters. The van der Waals surface area contributed by atoms with Gasteiger partial charge in [0.05, 0.1) is 0 Å². The number of rotatable bonds is 0. The third-order valence-electron chi connectivity index (χ3n) is 1.34. The van der Waals surface area contributed by atoms with E-state index in [2.05, 4.69) is 20.2 Å². The zero-order chi connectivity index (χ0) is 10.1. The molecule has 14 heavy (non-hydrogen) atoms. The summed E-state index contributed by atoms with van der Waals surface area (Å²) in [5.41, 5.74) is 0. The highest BCUT2D eigenvalue weighted by molar-refractivity contribution is 6.28. The minimum atomic E-state index is -1.10. The van der Waals surface area contributed by atoms with Gasteiger partial charge in [-0.15, -0.1) is 9.78 Å². The van der Waals surface area contributed by atoms with E-state index in [0.29, 0.717) is 4.68 Å². The highest BCUT2D eigenvalue weighted by Gasteiger charge is 2.16. The van der Waals surface area contributed by atoms with Gasteiger partial charge in [0.15, 0.2) is 0 Å². The SMILES string of the molecule is O=C(n1cncn1)n1nc(Cl)nc1F. The number of halogens is 2. The van der Waals surface area contributed by atoms with Crippen molar-refractivity contribution in [2.24, 2.45) is 0 Å². The Bertz CT molecular complexity index is 465. The molecule has 0 bridgehead atoms.